The van der Waals surface area contributed by atoms with E-state index in [0.29, 0.717) is 11.4 Å². The van der Waals surface area contributed by atoms with Gasteiger partial charge in [0.05, 0.1) is 11.3 Å². The molecule has 0 bridgehead atoms. The Kier molecular flexibility index (Phi) is 3.33. The van der Waals surface area contributed by atoms with Crippen molar-refractivity contribution in [2.75, 3.05) is 11.4 Å². The van der Waals surface area contributed by atoms with E-state index in [1.807, 2.05) is 19.9 Å². The van der Waals surface area contributed by atoms with Crippen LogP contribution in [0.4, 0.5) is 11.5 Å². The molecule has 1 aliphatic heterocycles. The Bertz CT molecular complexity index is 708. The van der Waals surface area contributed by atoms with E-state index in [2.05, 4.69) is 33.3 Å². The van der Waals surface area contributed by atoms with Crippen LogP contribution in [-0.4, -0.2) is 22.6 Å². The molecule has 0 unspecified atom stereocenters. The standard InChI is InChI=1S/C16H19N5/c1-10-11(2)19-20-16(14(10)15(17)18)21-9-5-7-12-6-3-4-8-13(12)21/h3-4,6,8H,5,7,9H2,1-2H3,(H3,17,18). The molecule has 0 amide bonds. The van der Waals surface area contributed by atoms with Crippen LogP contribution < -0.4 is 10.6 Å². The smallest absolute Gasteiger partial charge is 0.166 e. The van der Waals surface area contributed by atoms with E-state index in [1.165, 1.54) is 5.56 Å². The molecule has 0 saturated heterocycles. The van der Waals surface area contributed by atoms with E-state index < -0.39 is 0 Å². The predicted molar refractivity (Wildman–Crippen MR) is 84.3 cm³/mol. The summed E-state index contributed by atoms with van der Waals surface area (Å²) < 4.78 is 0. The summed E-state index contributed by atoms with van der Waals surface area (Å²) in [5.41, 5.74) is 10.7. The summed E-state index contributed by atoms with van der Waals surface area (Å²) in [7, 11) is 0. The zero-order valence-corrected chi connectivity index (χ0v) is 12.3. The van der Waals surface area contributed by atoms with Crippen molar-refractivity contribution in [1.29, 1.82) is 5.41 Å². The molecule has 0 atom stereocenters. The SMILES string of the molecule is Cc1nnc(N2CCCc3ccccc32)c(C(=N)N)c1C. The lowest BCUT2D eigenvalue weighted by Gasteiger charge is -2.31. The maximum atomic E-state index is 7.90. The Morgan fingerprint density at radius 1 is 1.24 bits per heavy atom. The number of benzene rings is 1. The summed E-state index contributed by atoms with van der Waals surface area (Å²) in [4.78, 5) is 2.13. The molecule has 21 heavy (non-hydrogen) atoms. The summed E-state index contributed by atoms with van der Waals surface area (Å²) in [5, 5.41) is 16.5. The minimum Gasteiger partial charge on any atom is -0.384 e. The summed E-state index contributed by atoms with van der Waals surface area (Å²) >= 11 is 0. The molecule has 2 aromatic rings. The number of hydrogen-bond acceptors (Lipinski definition) is 4. The molecule has 0 saturated carbocycles. The highest BCUT2D eigenvalue weighted by atomic mass is 15.3. The second kappa shape index (κ2) is 5.16. The highest BCUT2D eigenvalue weighted by Gasteiger charge is 2.24. The zero-order valence-electron chi connectivity index (χ0n) is 12.3. The van der Waals surface area contributed by atoms with Gasteiger partial charge in [0, 0.05) is 12.2 Å². The second-order valence-electron chi connectivity index (χ2n) is 5.41. The lowest BCUT2D eigenvalue weighted by Crippen LogP contribution is -2.29. The number of hydrogen-bond donors (Lipinski definition) is 2. The van der Waals surface area contributed by atoms with E-state index in [0.717, 1.165) is 36.3 Å². The van der Waals surface area contributed by atoms with Gasteiger partial charge in [-0.15, -0.1) is 5.10 Å². The van der Waals surface area contributed by atoms with Crippen molar-refractivity contribution in [2.24, 2.45) is 5.73 Å². The third kappa shape index (κ3) is 2.24. The van der Waals surface area contributed by atoms with Gasteiger partial charge in [0.2, 0.25) is 0 Å². The fourth-order valence-corrected chi connectivity index (χ4v) is 2.86. The first-order valence-corrected chi connectivity index (χ1v) is 7.13. The van der Waals surface area contributed by atoms with E-state index in [9.17, 15) is 0 Å². The maximum absolute atomic E-state index is 7.90. The van der Waals surface area contributed by atoms with Crippen LogP contribution in [0.3, 0.4) is 0 Å². The molecule has 1 aliphatic rings. The summed E-state index contributed by atoms with van der Waals surface area (Å²) in [6, 6.07) is 8.32. The van der Waals surface area contributed by atoms with Gasteiger partial charge >= 0.3 is 0 Å². The van der Waals surface area contributed by atoms with Gasteiger partial charge < -0.3 is 10.6 Å². The molecule has 0 aliphatic carbocycles. The third-order valence-electron chi connectivity index (χ3n) is 4.07. The van der Waals surface area contributed by atoms with Gasteiger partial charge in [-0.25, -0.2) is 0 Å². The third-order valence-corrected chi connectivity index (χ3v) is 4.07. The summed E-state index contributed by atoms with van der Waals surface area (Å²) in [6.07, 6.45) is 2.13. The molecule has 3 rings (SSSR count). The van der Waals surface area contributed by atoms with Crippen LogP contribution in [0.5, 0.6) is 0 Å². The van der Waals surface area contributed by atoms with Crippen LogP contribution in [0.2, 0.25) is 0 Å². The molecular formula is C16H19N5. The van der Waals surface area contributed by atoms with Crippen molar-refractivity contribution < 1.29 is 0 Å². The Balaban J connectivity index is 2.19. The number of para-hydroxylation sites is 1. The molecule has 3 N–H and O–H groups in total. The molecule has 5 nitrogen and oxygen atoms in total. The average molecular weight is 281 g/mol. The highest BCUT2D eigenvalue weighted by molar-refractivity contribution is 6.01. The number of nitrogens with zero attached hydrogens (tertiary/aromatic N) is 3. The topological polar surface area (TPSA) is 78.9 Å². The quantitative estimate of drug-likeness (QED) is 0.654. The van der Waals surface area contributed by atoms with Crippen molar-refractivity contribution in [3.8, 4) is 0 Å². The number of fused-ring (bicyclic) bond motifs is 1. The first kappa shape index (κ1) is 13.5. The molecule has 1 aromatic carbocycles. The summed E-state index contributed by atoms with van der Waals surface area (Å²) in [5.74, 6) is 0.737. The normalized spacial score (nSPS) is 13.9. The van der Waals surface area contributed by atoms with Crippen molar-refractivity contribution in [1.82, 2.24) is 10.2 Å². The zero-order chi connectivity index (χ0) is 15.0. The molecule has 0 spiro atoms. The van der Waals surface area contributed by atoms with Crippen molar-refractivity contribution >= 4 is 17.3 Å². The van der Waals surface area contributed by atoms with Gasteiger partial charge in [-0.2, -0.15) is 5.10 Å². The fourth-order valence-electron chi connectivity index (χ4n) is 2.86. The van der Waals surface area contributed by atoms with E-state index >= 15 is 0 Å². The predicted octanol–water partition coefficient (Wildman–Crippen LogP) is 2.46. The summed E-state index contributed by atoms with van der Waals surface area (Å²) in [6.45, 7) is 4.71. The van der Waals surface area contributed by atoms with Gasteiger partial charge in [-0.3, -0.25) is 5.41 Å². The van der Waals surface area contributed by atoms with Gasteiger partial charge in [0.1, 0.15) is 5.84 Å². The van der Waals surface area contributed by atoms with Gasteiger partial charge in [-0.05, 0) is 43.9 Å². The highest BCUT2D eigenvalue weighted by Crippen LogP contribution is 2.34. The number of amidine groups is 1. The van der Waals surface area contributed by atoms with E-state index in [-0.39, 0.29) is 5.84 Å². The number of aryl methyl sites for hydroxylation is 2. The van der Waals surface area contributed by atoms with Crippen LogP contribution in [0.1, 0.15) is 28.8 Å². The molecule has 0 fully saturated rings. The molecule has 2 heterocycles. The first-order valence-electron chi connectivity index (χ1n) is 7.13. The van der Waals surface area contributed by atoms with Crippen LogP contribution in [0.15, 0.2) is 24.3 Å². The number of nitrogens with two attached hydrogens (primary N) is 1. The van der Waals surface area contributed by atoms with Crippen molar-refractivity contribution in [2.45, 2.75) is 26.7 Å². The molecule has 5 heteroatoms. The minimum absolute atomic E-state index is 0.0450. The Morgan fingerprint density at radius 3 is 2.76 bits per heavy atom. The first-order chi connectivity index (χ1) is 10.1. The minimum atomic E-state index is 0.0450. The molecule has 108 valence electrons. The number of anilines is 2. The Labute approximate surface area is 124 Å². The lowest BCUT2D eigenvalue weighted by molar-refractivity contribution is 0.749. The lowest BCUT2D eigenvalue weighted by atomic mass is 10.00. The van der Waals surface area contributed by atoms with Gasteiger partial charge in [0.25, 0.3) is 0 Å². The molecular weight excluding hydrogens is 262 g/mol. The van der Waals surface area contributed by atoms with Gasteiger partial charge in [-0.1, -0.05) is 18.2 Å². The number of aromatic nitrogens is 2. The van der Waals surface area contributed by atoms with E-state index in [1.54, 1.807) is 0 Å². The van der Waals surface area contributed by atoms with Crippen molar-refractivity contribution in [3.05, 3.63) is 46.6 Å². The van der Waals surface area contributed by atoms with E-state index in [4.69, 9.17) is 11.1 Å². The number of rotatable bonds is 2. The number of nitrogens with one attached hydrogen (secondary N) is 1. The Morgan fingerprint density at radius 2 is 2.00 bits per heavy atom. The largest absolute Gasteiger partial charge is 0.384 e. The molecule has 0 radical (unpaired) electrons. The van der Waals surface area contributed by atoms with Crippen molar-refractivity contribution in [3.63, 3.8) is 0 Å². The maximum Gasteiger partial charge on any atom is 0.166 e. The van der Waals surface area contributed by atoms with Crippen LogP contribution in [-0.2, 0) is 6.42 Å². The fraction of sp³-hybridized carbons (Fsp3) is 0.312. The second-order valence-corrected chi connectivity index (χ2v) is 5.41. The van der Waals surface area contributed by atoms with Gasteiger partial charge in [0.15, 0.2) is 5.82 Å². The Hall–Kier alpha value is -2.43. The van der Waals surface area contributed by atoms with Crippen LogP contribution in [0.25, 0.3) is 0 Å². The molecule has 1 aromatic heterocycles. The average Bonchev–Trinajstić information content (AvgIpc) is 2.49. The number of nitrogen functional groups attached to an aromatic ring is 1. The van der Waals surface area contributed by atoms with Crippen LogP contribution in [0, 0.1) is 19.3 Å². The monoisotopic (exact) mass is 281 g/mol. The van der Waals surface area contributed by atoms with Crippen LogP contribution >= 0.6 is 0 Å².